The molecule has 1 amide bonds. The highest BCUT2D eigenvalue weighted by Crippen LogP contribution is 2.31. The Morgan fingerprint density at radius 1 is 1.43 bits per heavy atom. The van der Waals surface area contributed by atoms with E-state index in [2.05, 4.69) is 15.4 Å². The quantitative estimate of drug-likeness (QED) is 0.874. The van der Waals surface area contributed by atoms with Gasteiger partial charge >= 0.3 is 6.61 Å². The summed E-state index contributed by atoms with van der Waals surface area (Å²) in [6, 6.07) is 4.30. The summed E-state index contributed by atoms with van der Waals surface area (Å²) in [5.41, 5.74) is 0.179. The summed E-state index contributed by atoms with van der Waals surface area (Å²) in [5, 5.41) is 5.77. The van der Waals surface area contributed by atoms with Gasteiger partial charge in [0.1, 0.15) is 11.5 Å². The Kier molecular flexibility index (Phi) is 4.95. The highest BCUT2D eigenvalue weighted by Gasteiger charge is 2.30. The van der Waals surface area contributed by atoms with E-state index in [1.165, 1.54) is 25.3 Å². The molecule has 0 unspecified atom stereocenters. The topological polar surface area (TPSA) is 59.6 Å². The zero-order valence-corrected chi connectivity index (χ0v) is 11.9. The molecule has 1 fully saturated rings. The van der Waals surface area contributed by atoms with Gasteiger partial charge in [0.15, 0.2) is 0 Å². The number of methoxy groups -OCH3 is 1. The molecule has 1 heterocycles. The maximum Gasteiger partial charge on any atom is 0.387 e. The first-order valence-corrected chi connectivity index (χ1v) is 6.65. The van der Waals surface area contributed by atoms with E-state index in [0.717, 1.165) is 6.54 Å². The predicted octanol–water partition coefficient (Wildman–Crippen LogP) is 2.09. The maximum atomic E-state index is 12.4. The second-order valence-electron chi connectivity index (χ2n) is 4.97. The Morgan fingerprint density at radius 2 is 2.19 bits per heavy atom. The Hall–Kier alpha value is -1.89. The third kappa shape index (κ3) is 3.81. The molecule has 0 bridgehead atoms. The van der Waals surface area contributed by atoms with E-state index in [0.29, 0.717) is 12.3 Å². The van der Waals surface area contributed by atoms with Crippen molar-refractivity contribution in [1.29, 1.82) is 0 Å². The minimum atomic E-state index is -2.96. The van der Waals surface area contributed by atoms with Crippen molar-refractivity contribution in [3.05, 3.63) is 18.2 Å². The monoisotopic (exact) mass is 300 g/mol. The second-order valence-corrected chi connectivity index (χ2v) is 4.97. The molecule has 0 spiro atoms. The molecule has 7 heteroatoms. The molecule has 0 aromatic heterocycles. The number of nitrogens with one attached hydrogen (secondary N) is 2. The van der Waals surface area contributed by atoms with Gasteiger partial charge in [-0.05, 0) is 24.6 Å². The molecule has 116 valence electrons. The molecule has 1 saturated heterocycles. The Morgan fingerprint density at radius 3 is 2.76 bits per heavy atom. The van der Waals surface area contributed by atoms with Gasteiger partial charge in [0.25, 0.3) is 0 Å². The molecular weight excluding hydrogens is 282 g/mol. The summed E-state index contributed by atoms with van der Waals surface area (Å²) >= 11 is 0. The number of anilines is 1. The van der Waals surface area contributed by atoms with Gasteiger partial charge in [0, 0.05) is 12.6 Å². The fraction of sp³-hybridized carbons (Fsp3) is 0.500. The van der Waals surface area contributed by atoms with Crippen molar-refractivity contribution >= 4 is 11.6 Å². The Bertz CT molecular complexity index is 511. The molecule has 5 nitrogen and oxygen atoms in total. The van der Waals surface area contributed by atoms with E-state index in [-0.39, 0.29) is 29.2 Å². The Labute approximate surface area is 121 Å². The van der Waals surface area contributed by atoms with Crippen LogP contribution in [0.25, 0.3) is 0 Å². The van der Waals surface area contributed by atoms with Crippen LogP contribution in [0.15, 0.2) is 18.2 Å². The highest BCUT2D eigenvalue weighted by atomic mass is 19.3. The largest absolute Gasteiger partial charge is 0.497 e. The van der Waals surface area contributed by atoms with Crippen molar-refractivity contribution in [2.45, 2.75) is 13.5 Å². The van der Waals surface area contributed by atoms with Gasteiger partial charge in [-0.15, -0.1) is 0 Å². The van der Waals surface area contributed by atoms with E-state index in [1.54, 1.807) is 0 Å². The van der Waals surface area contributed by atoms with Gasteiger partial charge < -0.3 is 20.1 Å². The van der Waals surface area contributed by atoms with Gasteiger partial charge in [-0.25, -0.2) is 0 Å². The lowest BCUT2D eigenvalue weighted by Gasteiger charge is -2.17. The van der Waals surface area contributed by atoms with Crippen LogP contribution in [0.4, 0.5) is 14.5 Å². The van der Waals surface area contributed by atoms with Crippen molar-refractivity contribution in [2.24, 2.45) is 11.8 Å². The molecule has 1 aliphatic heterocycles. The molecule has 0 aliphatic carbocycles. The number of amides is 1. The van der Waals surface area contributed by atoms with Crippen molar-refractivity contribution in [1.82, 2.24) is 5.32 Å². The molecule has 2 atom stereocenters. The molecule has 21 heavy (non-hydrogen) atoms. The first-order chi connectivity index (χ1) is 10.0. The van der Waals surface area contributed by atoms with E-state index >= 15 is 0 Å². The third-order valence-corrected chi connectivity index (χ3v) is 3.51. The summed E-state index contributed by atoms with van der Waals surface area (Å²) < 4.78 is 34.3. The number of carbonyl (C=O) groups is 1. The lowest BCUT2D eigenvalue weighted by Crippen LogP contribution is -2.28. The van der Waals surface area contributed by atoms with Gasteiger partial charge in [-0.3, -0.25) is 4.79 Å². The fourth-order valence-electron chi connectivity index (χ4n) is 2.32. The van der Waals surface area contributed by atoms with Crippen LogP contribution in [0.1, 0.15) is 6.92 Å². The summed E-state index contributed by atoms with van der Waals surface area (Å²) in [5.74, 6) is 0.132. The normalized spacial score (nSPS) is 21.4. The number of halogens is 2. The smallest absolute Gasteiger partial charge is 0.387 e. The lowest BCUT2D eigenvalue weighted by atomic mass is 9.97. The Balaban J connectivity index is 2.18. The van der Waals surface area contributed by atoms with E-state index in [1.807, 2.05) is 6.92 Å². The number of carbonyl (C=O) groups excluding carboxylic acids is 1. The maximum absolute atomic E-state index is 12.4. The van der Waals surface area contributed by atoms with Crippen LogP contribution in [0.5, 0.6) is 11.5 Å². The average Bonchev–Trinajstić information content (AvgIpc) is 2.86. The van der Waals surface area contributed by atoms with Crippen LogP contribution in [-0.4, -0.2) is 32.7 Å². The minimum Gasteiger partial charge on any atom is -0.497 e. The van der Waals surface area contributed by atoms with Crippen LogP contribution in [-0.2, 0) is 4.79 Å². The van der Waals surface area contributed by atoms with E-state index < -0.39 is 6.61 Å². The van der Waals surface area contributed by atoms with Crippen molar-refractivity contribution in [3.8, 4) is 11.5 Å². The average molecular weight is 300 g/mol. The van der Waals surface area contributed by atoms with Crippen LogP contribution >= 0.6 is 0 Å². The zero-order chi connectivity index (χ0) is 15.4. The number of benzene rings is 1. The minimum absolute atomic E-state index is 0.0854. The number of alkyl halides is 2. The number of hydrogen-bond acceptors (Lipinski definition) is 4. The van der Waals surface area contributed by atoms with Gasteiger partial charge in [-0.2, -0.15) is 8.78 Å². The van der Waals surface area contributed by atoms with E-state index in [4.69, 9.17) is 4.74 Å². The van der Waals surface area contributed by atoms with Crippen LogP contribution in [0, 0.1) is 11.8 Å². The first kappa shape index (κ1) is 15.5. The molecule has 2 rings (SSSR count). The molecular formula is C14H18F2N2O3. The molecule has 1 aromatic rings. The van der Waals surface area contributed by atoms with Gasteiger partial charge in [0.05, 0.1) is 18.7 Å². The summed E-state index contributed by atoms with van der Waals surface area (Å²) in [6.45, 7) is 0.339. The summed E-state index contributed by atoms with van der Waals surface area (Å²) in [4.78, 5) is 12.2. The van der Waals surface area contributed by atoms with Crippen LogP contribution in [0.3, 0.4) is 0 Å². The first-order valence-electron chi connectivity index (χ1n) is 6.65. The van der Waals surface area contributed by atoms with Crippen molar-refractivity contribution < 1.29 is 23.0 Å². The van der Waals surface area contributed by atoms with Crippen molar-refractivity contribution in [2.75, 3.05) is 25.5 Å². The summed E-state index contributed by atoms with van der Waals surface area (Å²) in [6.07, 6.45) is 0. The fourth-order valence-corrected chi connectivity index (χ4v) is 2.32. The van der Waals surface area contributed by atoms with Crippen LogP contribution in [0.2, 0.25) is 0 Å². The number of rotatable bonds is 5. The van der Waals surface area contributed by atoms with E-state index in [9.17, 15) is 13.6 Å². The zero-order valence-electron chi connectivity index (χ0n) is 11.9. The second kappa shape index (κ2) is 6.71. The molecule has 0 saturated carbocycles. The molecule has 1 aliphatic rings. The summed E-state index contributed by atoms with van der Waals surface area (Å²) in [7, 11) is 1.46. The molecule has 2 N–H and O–H groups in total. The predicted molar refractivity (Wildman–Crippen MR) is 73.8 cm³/mol. The van der Waals surface area contributed by atoms with Crippen molar-refractivity contribution in [3.63, 3.8) is 0 Å². The molecule has 0 radical (unpaired) electrons. The number of ether oxygens (including phenoxy) is 2. The third-order valence-electron chi connectivity index (χ3n) is 3.51. The van der Waals surface area contributed by atoms with Gasteiger partial charge in [0.2, 0.25) is 5.91 Å². The van der Waals surface area contributed by atoms with Gasteiger partial charge in [-0.1, -0.05) is 6.92 Å². The standard InChI is InChI=1S/C14H18F2N2O3/c1-8-6-17-7-10(8)13(19)18-11-5-9(20-2)3-4-12(11)21-14(15)16/h3-5,8,10,14,17H,6-7H2,1-2H3,(H,18,19)/t8-,10-/m1/s1. The SMILES string of the molecule is COc1ccc(OC(F)F)c(NC(=O)[C@@H]2CNC[C@H]2C)c1. The highest BCUT2D eigenvalue weighted by molar-refractivity contribution is 5.94. The number of hydrogen-bond donors (Lipinski definition) is 2. The molecule has 1 aromatic carbocycles. The lowest BCUT2D eigenvalue weighted by molar-refractivity contribution is -0.120. The van der Waals surface area contributed by atoms with Crippen LogP contribution < -0.4 is 20.1 Å².